The van der Waals surface area contributed by atoms with Gasteiger partial charge in [-0.2, -0.15) is 0 Å². The Kier molecular flexibility index (Phi) is 6.20. The van der Waals surface area contributed by atoms with Crippen LogP contribution in [0.4, 0.5) is 4.79 Å². The third-order valence-electron chi connectivity index (χ3n) is 5.27. The van der Waals surface area contributed by atoms with Gasteiger partial charge in [0.05, 0.1) is 9.64 Å². The molecule has 1 fully saturated rings. The number of hydroxylamine groups is 2. The number of nitrogens with one attached hydrogen (secondary N) is 1. The summed E-state index contributed by atoms with van der Waals surface area (Å²) >= 11 is 6.76. The largest absolute Gasteiger partial charge is 0.753 e. The van der Waals surface area contributed by atoms with Crippen molar-refractivity contribution < 1.29 is 22.7 Å². The number of aryl methyl sites for hydroxylation is 1. The lowest BCUT2D eigenvalue weighted by atomic mass is 10.1. The summed E-state index contributed by atoms with van der Waals surface area (Å²) in [7, 11) is -4.21. The lowest BCUT2D eigenvalue weighted by Gasteiger charge is -2.44. The zero-order chi connectivity index (χ0) is 24.0. The van der Waals surface area contributed by atoms with Crippen LogP contribution in [-0.2, 0) is 16.6 Å². The molecule has 176 valence electrons. The molecule has 33 heavy (non-hydrogen) atoms. The number of amides is 2. The highest BCUT2D eigenvalue weighted by atomic mass is 32.2. The molecule has 0 aromatic heterocycles. The van der Waals surface area contributed by atoms with Gasteiger partial charge in [0.25, 0.3) is 10.0 Å². The summed E-state index contributed by atoms with van der Waals surface area (Å²) in [6.07, 6.45) is -1.03. The van der Waals surface area contributed by atoms with Crippen LogP contribution in [0.3, 0.4) is 0 Å². The summed E-state index contributed by atoms with van der Waals surface area (Å²) in [5.41, 5.74) is 1.66. The molecule has 1 saturated heterocycles. The van der Waals surface area contributed by atoms with Crippen LogP contribution < -0.4 is 14.2 Å². The molecule has 4 rings (SSSR count). The fourth-order valence-corrected chi connectivity index (χ4v) is 6.46. The third-order valence-corrected chi connectivity index (χ3v) is 8.23. The summed E-state index contributed by atoms with van der Waals surface area (Å²) in [6.45, 7) is 5.73. The molecule has 2 heterocycles. The Morgan fingerprint density at radius 1 is 1.24 bits per heavy atom. The van der Waals surface area contributed by atoms with Gasteiger partial charge < -0.3 is 24.6 Å². The van der Waals surface area contributed by atoms with E-state index in [9.17, 15) is 18.4 Å². The molecule has 0 bridgehead atoms. The van der Waals surface area contributed by atoms with E-state index in [1.165, 1.54) is 23.9 Å². The molecular formula is C21H22N3O6S3-. The van der Waals surface area contributed by atoms with E-state index in [0.29, 0.717) is 15.8 Å². The number of ether oxygens (including phenoxy) is 2. The van der Waals surface area contributed by atoms with E-state index in [2.05, 4.69) is 0 Å². The van der Waals surface area contributed by atoms with Gasteiger partial charge in [-0.05, 0) is 50.6 Å². The highest BCUT2D eigenvalue weighted by Gasteiger charge is 2.47. The van der Waals surface area contributed by atoms with Crippen molar-refractivity contribution >= 4 is 44.4 Å². The maximum Gasteiger partial charge on any atom is 0.322 e. The second kappa shape index (κ2) is 8.67. The maximum absolute atomic E-state index is 13.1. The van der Waals surface area contributed by atoms with Crippen LogP contribution in [-0.4, -0.2) is 46.4 Å². The predicted octanol–water partition coefficient (Wildman–Crippen LogP) is 3.56. The number of benzene rings is 2. The smallest absolute Gasteiger partial charge is 0.322 e. The van der Waals surface area contributed by atoms with Gasteiger partial charge in [-0.1, -0.05) is 47.7 Å². The van der Waals surface area contributed by atoms with Crippen molar-refractivity contribution in [2.75, 3.05) is 6.79 Å². The lowest BCUT2D eigenvalue weighted by molar-refractivity contribution is 0.131. The third kappa shape index (κ3) is 4.74. The van der Waals surface area contributed by atoms with E-state index in [4.69, 9.17) is 21.7 Å². The van der Waals surface area contributed by atoms with Gasteiger partial charge in [0.15, 0.2) is 11.5 Å². The Morgan fingerprint density at radius 2 is 1.91 bits per heavy atom. The van der Waals surface area contributed by atoms with E-state index >= 15 is 0 Å². The summed E-state index contributed by atoms with van der Waals surface area (Å²) in [4.78, 5) is 14.2. The van der Waals surface area contributed by atoms with Crippen molar-refractivity contribution in [2.24, 2.45) is 0 Å². The minimum absolute atomic E-state index is 0.109. The Labute approximate surface area is 201 Å². The minimum atomic E-state index is -4.21. The summed E-state index contributed by atoms with van der Waals surface area (Å²) in [6, 6.07) is 10.0. The summed E-state index contributed by atoms with van der Waals surface area (Å²) < 4.78 is 37.5. The highest BCUT2D eigenvalue weighted by molar-refractivity contribution is 8.24. The number of hydrogen-bond acceptors (Lipinski definition) is 8. The number of rotatable bonds is 5. The van der Waals surface area contributed by atoms with Crippen LogP contribution in [0.5, 0.6) is 11.5 Å². The van der Waals surface area contributed by atoms with E-state index in [1.807, 2.05) is 17.7 Å². The molecule has 2 aromatic carbocycles. The molecule has 2 aliphatic heterocycles. The average Bonchev–Trinajstić information content (AvgIpc) is 3.28. The van der Waals surface area contributed by atoms with Crippen LogP contribution in [0, 0.1) is 12.1 Å². The number of thiocarbonyl (C=S) groups is 1. The number of hydrogen-bond donors (Lipinski definition) is 1. The monoisotopic (exact) mass is 508 g/mol. The molecule has 1 N–H and O–H groups in total. The van der Waals surface area contributed by atoms with Gasteiger partial charge in [-0.25, -0.2) is 17.9 Å². The Hall–Kier alpha value is -2.54. The van der Waals surface area contributed by atoms with Gasteiger partial charge in [0.2, 0.25) is 6.79 Å². The zero-order valence-electron chi connectivity index (χ0n) is 18.1. The van der Waals surface area contributed by atoms with Gasteiger partial charge >= 0.3 is 6.03 Å². The molecule has 0 radical (unpaired) electrons. The normalized spacial score (nSPS) is 19.0. The topological polar surface area (TPSA) is 111 Å². The average molecular weight is 509 g/mol. The summed E-state index contributed by atoms with van der Waals surface area (Å²) in [5, 5.41) is 13.3. The summed E-state index contributed by atoms with van der Waals surface area (Å²) in [5.74, 6) is 1.21. The molecule has 2 amide bonds. The molecule has 2 aliphatic rings. The van der Waals surface area contributed by atoms with E-state index < -0.39 is 27.0 Å². The number of fused-ring (bicyclic) bond motifs is 1. The van der Waals surface area contributed by atoms with Crippen LogP contribution in [0.1, 0.15) is 25.0 Å². The Bertz CT molecular complexity index is 1200. The van der Waals surface area contributed by atoms with Crippen molar-refractivity contribution in [3.05, 3.63) is 58.8 Å². The Morgan fingerprint density at radius 3 is 2.61 bits per heavy atom. The lowest BCUT2D eigenvalue weighted by Crippen LogP contribution is -2.56. The second-order valence-corrected chi connectivity index (χ2v) is 12.2. The number of sulfonamides is 1. The standard InChI is InChI=1S/C21H22N3O6S3/c1-13-4-7-15(8-5-13)33(27,28)22-19(25)24(26)18-21(2,3)32-20(31)23(18)11-14-6-9-16-17(10-14)30-12-29-16/h4-10,18H,11-12H2,1-3H3,(H,22,25)/q-1/t18-/m0/s1. The fourth-order valence-electron chi connectivity index (χ4n) is 3.65. The van der Waals surface area contributed by atoms with E-state index in [1.54, 1.807) is 43.0 Å². The van der Waals surface area contributed by atoms with E-state index in [-0.39, 0.29) is 23.3 Å². The van der Waals surface area contributed by atoms with Crippen LogP contribution >= 0.6 is 24.0 Å². The minimum Gasteiger partial charge on any atom is -0.753 e. The predicted molar refractivity (Wildman–Crippen MR) is 128 cm³/mol. The van der Waals surface area contributed by atoms with Crippen molar-refractivity contribution in [3.63, 3.8) is 0 Å². The van der Waals surface area contributed by atoms with Gasteiger partial charge in [0, 0.05) is 6.54 Å². The molecular weight excluding hydrogens is 486 g/mol. The van der Waals surface area contributed by atoms with Crippen molar-refractivity contribution in [3.8, 4) is 11.5 Å². The number of urea groups is 1. The molecule has 0 spiro atoms. The quantitative estimate of drug-likeness (QED) is 0.479. The molecule has 0 unspecified atom stereocenters. The first-order valence-corrected chi connectivity index (χ1v) is 12.7. The second-order valence-electron chi connectivity index (χ2n) is 8.21. The molecule has 2 aromatic rings. The molecule has 9 nitrogen and oxygen atoms in total. The van der Waals surface area contributed by atoms with Crippen molar-refractivity contribution in [1.82, 2.24) is 14.7 Å². The van der Waals surface area contributed by atoms with Gasteiger partial charge in [-0.3, -0.25) is 0 Å². The van der Waals surface area contributed by atoms with Crippen LogP contribution in [0.15, 0.2) is 47.4 Å². The number of thioether (sulfide) groups is 1. The van der Waals surface area contributed by atoms with Gasteiger partial charge in [-0.15, -0.1) is 0 Å². The SMILES string of the molecule is Cc1ccc(S(=O)(=O)NC(=O)N([O-])[C@@H]2N(Cc3ccc4c(c3)OCO4)C(=S)SC2(C)C)cc1. The number of carbonyl (C=O) groups excluding carboxylic acids is 1. The zero-order valence-corrected chi connectivity index (χ0v) is 20.6. The first-order valence-electron chi connectivity index (χ1n) is 9.96. The van der Waals surface area contributed by atoms with Gasteiger partial charge in [0.1, 0.15) is 10.5 Å². The number of carbonyl (C=O) groups is 1. The molecule has 1 atom stereocenters. The molecule has 0 aliphatic carbocycles. The first kappa shape index (κ1) is 23.6. The van der Waals surface area contributed by atoms with Crippen LogP contribution in [0.25, 0.3) is 0 Å². The molecule has 0 saturated carbocycles. The fraction of sp³-hybridized carbons (Fsp3) is 0.333. The molecule has 12 heteroatoms. The van der Waals surface area contributed by atoms with E-state index in [0.717, 1.165) is 11.1 Å². The van der Waals surface area contributed by atoms with Crippen molar-refractivity contribution in [2.45, 2.75) is 43.1 Å². The maximum atomic E-state index is 13.1. The Balaban J connectivity index is 1.55. The first-order chi connectivity index (χ1) is 15.5. The van der Waals surface area contributed by atoms with Crippen LogP contribution in [0.2, 0.25) is 0 Å². The van der Waals surface area contributed by atoms with Crippen molar-refractivity contribution in [1.29, 1.82) is 0 Å². The number of nitrogens with zero attached hydrogens (tertiary/aromatic N) is 2. The highest BCUT2D eigenvalue weighted by Crippen LogP contribution is 2.44.